The molecule has 18 heavy (non-hydrogen) atoms. The quantitative estimate of drug-likeness (QED) is 0.791. The molecular weight excluding hydrogens is 226 g/mol. The van der Waals surface area contributed by atoms with Crippen molar-refractivity contribution in [2.24, 2.45) is 5.92 Å². The lowest BCUT2D eigenvalue weighted by atomic mass is 9.82. The largest absolute Gasteiger partial charge is 0.378 e. The summed E-state index contributed by atoms with van der Waals surface area (Å²) in [6.45, 7) is 8.33. The molecule has 1 N–H and O–H groups in total. The standard InChI is InChI=1S/C15H29NO2/c1-3-8-16-13(2)4-5-14-6-9-18-15(11-14)7-10-17-12-15/h13-14,16H,3-12H2,1-2H3. The first-order valence-electron chi connectivity index (χ1n) is 7.69. The monoisotopic (exact) mass is 255 g/mol. The second kappa shape index (κ2) is 6.88. The zero-order chi connectivity index (χ0) is 12.8. The first-order valence-corrected chi connectivity index (χ1v) is 7.69. The Morgan fingerprint density at radius 1 is 1.39 bits per heavy atom. The van der Waals surface area contributed by atoms with Crippen molar-refractivity contribution in [3.63, 3.8) is 0 Å². The van der Waals surface area contributed by atoms with Gasteiger partial charge in [0.25, 0.3) is 0 Å². The summed E-state index contributed by atoms with van der Waals surface area (Å²) in [5, 5.41) is 3.58. The van der Waals surface area contributed by atoms with Gasteiger partial charge < -0.3 is 14.8 Å². The van der Waals surface area contributed by atoms with Crippen LogP contribution in [-0.4, -0.2) is 38.0 Å². The molecule has 0 aromatic heterocycles. The van der Waals surface area contributed by atoms with Crippen LogP contribution in [0, 0.1) is 5.92 Å². The van der Waals surface area contributed by atoms with Gasteiger partial charge in [0.2, 0.25) is 0 Å². The third-order valence-electron chi connectivity index (χ3n) is 4.41. The highest BCUT2D eigenvalue weighted by Gasteiger charge is 2.40. The minimum Gasteiger partial charge on any atom is -0.378 e. The minimum absolute atomic E-state index is 0.0863. The van der Waals surface area contributed by atoms with Crippen LogP contribution in [0.4, 0.5) is 0 Å². The molecule has 2 rings (SSSR count). The summed E-state index contributed by atoms with van der Waals surface area (Å²) < 4.78 is 11.5. The van der Waals surface area contributed by atoms with Crippen LogP contribution in [0.2, 0.25) is 0 Å². The van der Waals surface area contributed by atoms with Crippen LogP contribution in [0.25, 0.3) is 0 Å². The number of hydrogen-bond acceptors (Lipinski definition) is 3. The molecule has 1 spiro atoms. The summed E-state index contributed by atoms with van der Waals surface area (Å²) in [4.78, 5) is 0. The molecule has 0 aromatic rings. The lowest BCUT2D eigenvalue weighted by Crippen LogP contribution is -2.40. The first-order chi connectivity index (χ1) is 8.74. The summed E-state index contributed by atoms with van der Waals surface area (Å²) in [6, 6.07) is 0.656. The molecule has 0 bridgehead atoms. The molecule has 3 heteroatoms. The highest BCUT2D eigenvalue weighted by molar-refractivity contribution is 4.90. The number of ether oxygens (including phenoxy) is 2. The van der Waals surface area contributed by atoms with E-state index in [9.17, 15) is 0 Å². The van der Waals surface area contributed by atoms with Gasteiger partial charge in [-0.05, 0) is 51.5 Å². The molecule has 3 unspecified atom stereocenters. The topological polar surface area (TPSA) is 30.5 Å². The van der Waals surface area contributed by atoms with E-state index in [1.807, 2.05) is 0 Å². The molecule has 2 aliphatic heterocycles. The molecule has 3 atom stereocenters. The third kappa shape index (κ3) is 3.94. The molecule has 106 valence electrons. The SMILES string of the molecule is CCCNC(C)CCC1CCOC2(CCOC2)C1. The Bertz CT molecular complexity index is 239. The fourth-order valence-corrected chi connectivity index (χ4v) is 3.22. The maximum absolute atomic E-state index is 5.99. The van der Waals surface area contributed by atoms with E-state index in [0.29, 0.717) is 6.04 Å². The lowest BCUT2D eigenvalue weighted by molar-refractivity contribution is -0.0991. The molecule has 0 aliphatic carbocycles. The normalized spacial score (nSPS) is 34.0. The predicted molar refractivity (Wildman–Crippen MR) is 73.8 cm³/mol. The number of nitrogens with one attached hydrogen (secondary N) is 1. The Labute approximate surface area is 112 Å². The van der Waals surface area contributed by atoms with Gasteiger partial charge in [-0.3, -0.25) is 0 Å². The Hall–Kier alpha value is -0.120. The molecule has 0 aromatic carbocycles. The zero-order valence-electron chi connectivity index (χ0n) is 12.0. The average molecular weight is 255 g/mol. The molecule has 0 saturated carbocycles. The number of rotatable bonds is 6. The van der Waals surface area contributed by atoms with Gasteiger partial charge in [-0.15, -0.1) is 0 Å². The van der Waals surface area contributed by atoms with Crippen molar-refractivity contribution >= 4 is 0 Å². The van der Waals surface area contributed by atoms with E-state index in [1.165, 1.54) is 32.1 Å². The second-order valence-electron chi connectivity index (χ2n) is 6.13. The molecule has 2 aliphatic rings. The highest BCUT2D eigenvalue weighted by Crippen LogP contribution is 2.37. The van der Waals surface area contributed by atoms with Crippen LogP contribution < -0.4 is 5.32 Å². The summed E-state index contributed by atoms with van der Waals surface area (Å²) in [5.74, 6) is 0.839. The van der Waals surface area contributed by atoms with Crippen molar-refractivity contribution in [1.82, 2.24) is 5.32 Å². The number of hydrogen-bond donors (Lipinski definition) is 1. The summed E-state index contributed by atoms with van der Waals surface area (Å²) in [6.07, 6.45) is 7.41. The van der Waals surface area contributed by atoms with Gasteiger partial charge in [0, 0.05) is 25.7 Å². The smallest absolute Gasteiger partial charge is 0.0939 e. The Kier molecular flexibility index (Phi) is 5.46. The van der Waals surface area contributed by atoms with Gasteiger partial charge in [-0.2, -0.15) is 0 Å². The van der Waals surface area contributed by atoms with Crippen molar-refractivity contribution in [3.05, 3.63) is 0 Å². The summed E-state index contributed by atoms with van der Waals surface area (Å²) in [5.41, 5.74) is 0.0863. The van der Waals surface area contributed by atoms with Gasteiger partial charge in [-0.1, -0.05) is 6.92 Å². The van der Waals surface area contributed by atoms with E-state index >= 15 is 0 Å². The molecule has 3 nitrogen and oxygen atoms in total. The highest BCUT2D eigenvalue weighted by atomic mass is 16.6. The van der Waals surface area contributed by atoms with Crippen LogP contribution in [-0.2, 0) is 9.47 Å². The van der Waals surface area contributed by atoms with Crippen molar-refractivity contribution in [3.8, 4) is 0 Å². The Morgan fingerprint density at radius 2 is 2.28 bits per heavy atom. The molecule has 2 heterocycles. The van der Waals surface area contributed by atoms with Crippen molar-refractivity contribution in [2.75, 3.05) is 26.4 Å². The van der Waals surface area contributed by atoms with Crippen LogP contribution in [0.3, 0.4) is 0 Å². The van der Waals surface area contributed by atoms with E-state index in [-0.39, 0.29) is 5.60 Å². The summed E-state index contributed by atoms with van der Waals surface area (Å²) in [7, 11) is 0. The van der Waals surface area contributed by atoms with Gasteiger partial charge in [0.15, 0.2) is 0 Å². The van der Waals surface area contributed by atoms with E-state index in [0.717, 1.165) is 38.7 Å². The Balaban J connectivity index is 1.69. The van der Waals surface area contributed by atoms with E-state index in [1.54, 1.807) is 0 Å². The third-order valence-corrected chi connectivity index (χ3v) is 4.41. The van der Waals surface area contributed by atoms with E-state index < -0.39 is 0 Å². The van der Waals surface area contributed by atoms with Crippen LogP contribution >= 0.6 is 0 Å². The van der Waals surface area contributed by atoms with Crippen LogP contribution in [0.15, 0.2) is 0 Å². The van der Waals surface area contributed by atoms with Gasteiger partial charge in [0.1, 0.15) is 0 Å². The molecule has 2 fully saturated rings. The maximum atomic E-state index is 5.99. The van der Waals surface area contributed by atoms with Gasteiger partial charge in [-0.25, -0.2) is 0 Å². The second-order valence-corrected chi connectivity index (χ2v) is 6.13. The lowest BCUT2D eigenvalue weighted by Gasteiger charge is -2.37. The van der Waals surface area contributed by atoms with Gasteiger partial charge in [0.05, 0.1) is 12.2 Å². The summed E-state index contributed by atoms with van der Waals surface area (Å²) >= 11 is 0. The minimum atomic E-state index is 0.0863. The molecule has 0 radical (unpaired) electrons. The van der Waals surface area contributed by atoms with Crippen LogP contribution in [0.5, 0.6) is 0 Å². The van der Waals surface area contributed by atoms with Crippen molar-refractivity contribution in [2.45, 2.75) is 64.0 Å². The van der Waals surface area contributed by atoms with Crippen molar-refractivity contribution < 1.29 is 9.47 Å². The van der Waals surface area contributed by atoms with Crippen LogP contribution in [0.1, 0.15) is 52.4 Å². The fraction of sp³-hybridized carbons (Fsp3) is 1.00. The van der Waals surface area contributed by atoms with E-state index in [4.69, 9.17) is 9.47 Å². The van der Waals surface area contributed by atoms with Gasteiger partial charge >= 0.3 is 0 Å². The van der Waals surface area contributed by atoms with E-state index in [2.05, 4.69) is 19.2 Å². The first kappa shape index (κ1) is 14.3. The maximum Gasteiger partial charge on any atom is 0.0939 e. The predicted octanol–water partition coefficient (Wildman–Crippen LogP) is 2.74. The zero-order valence-corrected chi connectivity index (χ0v) is 12.0. The molecule has 2 saturated heterocycles. The molecular formula is C15H29NO2. The molecule has 0 amide bonds. The van der Waals surface area contributed by atoms with Crippen molar-refractivity contribution in [1.29, 1.82) is 0 Å². The average Bonchev–Trinajstić information content (AvgIpc) is 2.82. The fourth-order valence-electron chi connectivity index (χ4n) is 3.22. The Morgan fingerprint density at radius 3 is 3.00 bits per heavy atom.